The van der Waals surface area contributed by atoms with E-state index < -0.39 is 0 Å². The van der Waals surface area contributed by atoms with Gasteiger partial charge >= 0.3 is 0 Å². The van der Waals surface area contributed by atoms with Gasteiger partial charge in [0.05, 0.1) is 0 Å². The lowest BCUT2D eigenvalue weighted by atomic mass is 10.0. The number of benzene rings is 1. The van der Waals surface area contributed by atoms with Gasteiger partial charge in [-0.25, -0.2) is 0 Å². The molecule has 1 amide bonds. The van der Waals surface area contributed by atoms with Gasteiger partial charge < -0.3 is 10.6 Å². The Balaban J connectivity index is 2.12. The van der Waals surface area contributed by atoms with Crippen molar-refractivity contribution in [1.82, 2.24) is 4.90 Å². The second-order valence-electron chi connectivity index (χ2n) is 5.18. The van der Waals surface area contributed by atoms with Crippen LogP contribution in [0.2, 0.25) is 0 Å². The Hall–Kier alpha value is -0.870. The number of nitrogens with zero attached hydrogens (tertiary/aromatic N) is 1. The number of carbonyl (C=O) groups excluding carboxylic acids is 1. The Morgan fingerprint density at radius 2 is 2.22 bits per heavy atom. The molecule has 3 nitrogen and oxygen atoms in total. The van der Waals surface area contributed by atoms with Gasteiger partial charge in [-0.2, -0.15) is 0 Å². The predicted octanol–water partition coefficient (Wildman–Crippen LogP) is 2.57. The molecule has 1 saturated heterocycles. The zero-order chi connectivity index (χ0) is 13.3. The molecule has 0 radical (unpaired) electrons. The lowest BCUT2D eigenvalue weighted by Crippen LogP contribution is -2.33. The van der Waals surface area contributed by atoms with E-state index in [1.165, 1.54) is 0 Å². The fourth-order valence-corrected chi connectivity index (χ4v) is 3.05. The van der Waals surface area contributed by atoms with E-state index in [4.69, 9.17) is 5.73 Å². The Morgan fingerprint density at radius 1 is 1.50 bits per heavy atom. The first-order valence-electron chi connectivity index (χ1n) is 6.29. The SMILES string of the molecule is Cc1cc(Br)cc(C(=O)N2CCC(C(C)N)C2)c1. The quantitative estimate of drug-likeness (QED) is 0.912. The highest BCUT2D eigenvalue weighted by atomic mass is 79.9. The predicted molar refractivity (Wildman–Crippen MR) is 76.5 cm³/mol. The molecular weight excluding hydrogens is 292 g/mol. The van der Waals surface area contributed by atoms with Crippen LogP contribution in [0, 0.1) is 12.8 Å². The van der Waals surface area contributed by atoms with Crippen LogP contribution in [0.15, 0.2) is 22.7 Å². The smallest absolute Gasteiger partial charge is 0.253 e. The number of likely N-dealkylation sites (tertiary alicyclic amines) is 1. The van der Waals surface area contributed by atoms with Crippen molar-refractivity contribution in [3.8, 4) is 0 Å². The van der Waals surface area contributed by atoms with Crippen LogP contribution in [0.3, 0.4) is 0 Å². The molecule has 1 aromatic rings. The van der Waals surface area contributed by atoms with Crippen molar-refractivity contribution in [3.05, 3.63) is 33.8 Å². The van der Waals surface area contributed by atoms with E-state index in [0.29, 0.717) is 5.92 Å². The van der Waals surface area contributed by atoms with E-state index in [2.05, 4.69) is 15.9 Å². The minimum absolute atomic E-state index is 0.113. The molecule has 18 heavy (non-hydrogen) atoms. The van der Waals surface area contributed by atoms with Gasteiger partial charge in [-0.3, -0.25) is 4.79 Å². The third-order valence-corrected chi connectivity index (χ3v) is 4.00. The molecular formula is C14H19BrN2O. The average Bonchev–Trinajstić information content (AvgIpc) is 2.75. The van der Waals surface area contributed by atoms with Crippen LogP contribution in [0.1, 0.15) is 29.3 Å². The molecule has 2 atom stereocenters. The monoisotopic (exact) mass is 310 g/mol. The molecule has 0 saturated carbocycles. The normalized spacial score (nSPS) is 21.1. The zero-order valence-corrected chi connectivity index (χ0v) is 12.4. The summed E-state index contributed by atoms with van der Waals surface area (Å²) in [6.07, 6.45) is 1.01. The molecule has 0 aliphatic carbocycles. The highest BCUT2D eigenvalue weighted by molar-refractivity contribution is 9.10. The summed E-state index contributed by atoms with van der Waals surface area (Å²) in [7, 11) is 0. The van der Waals surface area contributed by atoms with E-state index in [1.54, 1.807) is 0 Å². The summed E-state index contributed by atoms with van der Waals surface area (Å²) in [6.45, 7) is 5.61. The molecule has 1 aliphatic rings. The number of carbonyl (C=O) groups is 1. The number of aryl methyl sites for hydroxylation is 1. The summed E-state index contributed by atoms with van der Waals surface area (Å²) in [5.74, 6) is 0.546. The van der Waals surface area contributed by atoms with Crippen LogP contribution >= 0.6 is 15.9 Å². The Labute approximate surface area is 116 Å². The van der Waals surface area contributed by atoms with E-state index in [9.17, 15) is 4.79 Å². The number of nitrogens with two attached hydrogens (primary N) is 1. The number of hydrogen-bond acceptors (Lipinski definition) is 2. The minimum atomic E-state index is 0.113. The fraction of sp³-hybridized carbons (Fsp3) is 0.500. The van der Waals surface area contributed by atoms with E-state index >= 15 is 0 Å². The molecule has 1 heterocycles. The molecule has 0 aromatic heterocycles. The first kappa shape index (κ1) is 13.6. The number of amides is 1. The summed E-state index contributed by atoms with van der Waals surface area (Å²) < 4.78 is 0.953. The van der Waals surface area contributed by atoms with Crippen molar-refractivity contribution >= 4 is 21.8 Å². The van der Waals surface area contributed by atoms with E-state index in [0.717, 1.165) is 35.1 Å². The number of hydrogen-bond donors (Lipinski definition) is 1. The lowest BCUT2D eigenvalue weighted by Gasteiger charge is -2.18. The van der Waals surface area contributed by atoms with Crippen LogP contribution in [-0.2, 0) is 0 Å². The van der Waals surface area contributed by atoms with Crippen LogP contribution < -0.4 is 5.73 Å². The molecule has 0 bridgehead atoms. The van der Waals surface area contributed by atoms with Gasteiger partial charge in [0.2, 0.25) is 0 Å². The van der Waals surface area contributed by atoms with Gasteiger partial charge in [0.15, 0.2) is 0 Å². The van der Waals surface area contributed by atoms with Crippen LogP contribution in [0.5, 0.6) is 0 Å². The molecule has 1 aromatic carbocycles. The molecule has 98 valence electrons. The fourth-order valence-electron chi connectivity index (χ4n) is 2.44. The average molecular weight is 311 g/mol. The second-order valence-corrected chi connectivity index (χ2v) is 6.09. The van der Waals surface area contributed by atoms with Crippen molar-refractivity contribution in [3.63, 3.8) is 0 Å². The third kappa shape index (κ3) is 2.93. The van der Waals surface area contributed by atoms with Gasteiger partial charge in [-0.1, -0.05) is 15.9 Å². The van der Waals surface area contributed by atoms with Crippen molar-refractivity contribution in [2.24, 2.45) is 11.7 Å². The van der Waals surface area contributed by atoms with Crippen molar-refractivity contribution in [1.29, 1.82) is 0 Å². The number of halogens is 1. The molecule has 1 aliphatic heterocycles. The highest BCUT2D eigenvalue weighted by Gasteiger charge is 2.28. The number of rotatable bonds is 2. The third-order valence-electron chi connectivity index (χ3n) is 3.54. The van der Waals surface area contributed by atoms with E-state index in [1.807, 2.05) is 36.9 Å². The standard InChI is InChI=1S/C14H19BrN2O/c1-9-5-12(7-13(15)6-9)14(18)17-4-3-11(8-17)10(2)16/h5-7,10-11H,3-4,8,16H2,1-2H3. The maximum absolute atomic E-state index is 12.4. The molecule has 0 spiro atoms. The summed E-state index contributed by atoms with van der Waals surface area (Å²) >= 11 is 3.43. The van der Waals surface area contributed by atoms with Crippen molar-refractivity contribution in [2.45, 2.75) is 26.3 Å². The zero-order valence-electron chi connectivity index (χ0n) is 10.8. The van der Waals surface area contributed by atoms with E-state index in [-0.39, 0.29) is 11.9 Å². The first-order chi connectivity index (χ1) is 8.47. The van der Waals surface area contributed by atoms with Gasteiger partial charge in [-0.05, 0) is 49.9 Å². The van der Waals surface area contributed by atoms with Gasteiger partial charge in [0, 0.05) is 29.2 Å². The van der Waals surface area contributed by atoms with Crippen molar-refractivity contribution in [2.75, 3.05) is 13.1 Å². The maximum Gasteiger partial charge on any atom is 0.253 e. The van der Waals surface area contributed by atoms with Gasteiger partial charge in [0.1, 0.15) is 0 Å². The summed E-state index contributed by atoms with van der Waals surface area (Å²) in [5.41, 5.74) is 7.75. The Kier molecular flexibility index (Phi) is 4.07. The molecule has 4 heteroatoms. The summed E-state index contributed by atoms with van der Waals surface area (Å²) in [5, 5.41) is 0. The largest absolute Gasteiger partial charge is 0.338 e. The van der Waals surface area contributed by atoms with Gasteiger partial charge in [0.25, 0.3) is 5.91 Å². The Morgan fingerprint density at radius 3 is 2.78 bits per heavy atom. The van der Waals surface area contributed by atoms with Crippen LogP contribution in [0.25, 0.3) is 0 Å². The second kappa shape index (κ2) is 5.41. The topological polar surface area (TPSA) is 46.3 Å². The van der Waals surface area contributed by atoms with Crippen LogP contribution in [0.4, 0.5) is 0 Å². The summed E-state index contributed by atoms with van der Waals surface area (Å²) in [6, 6.07) is 5.99. The maximum atomic E-state index is 12.4. The first-order valence-corrected chi connectivity index (χ1v) is 7.08. The highest BCUT2D eigenvalue weighted by Crippen LogP contribution is 2.22. The van der Waals surface area contributed by atoms with Gasteiger partial charge in [-0.15, -0.1) is 0 Å². The molecule has 2 N–H and O–H groups in total. The summed E-state index contributed by atoms with van der Waals surface area (Å²) in [4.78, 5) is 14.3. The molecule has 2 unspecified atom stereocenters. The Bertz CT molecular complexity index is 439. The molecule has 2 rings (SSSR count). The van der Waals surface area contributed by atoms with Crippen LogP contribution in [-0.4, -0.2) is 29.9 Å². The van der Waals surface area contributed by atoms with Crippen molar-refractivity contribution < 1.29 is 4.79 Å². The lowest BCUT2D eigenvalue weighted by molar-refractivity contribution is 0.0786. The minimum Gasteiger partial charge on any atom is -0.338 e. The molecule has 1 fully saturated rings.